The van der Waals surface area contributed by atoms with Crippen molar-refractivity contribution in [1.82, 2.24) is 5.32 Å². The summed E-state index contributed by atoms with van der Waals surface area (Å²) in [6.45, 7) is 1.52. The van der Waals surface area contributed by atoms with Crippen LogP contribution in [-0.4, -0.2) is 193 Å². The fourth-order valence-corrected chi connectivity index (χ4v) is 9.89. The molecule has 3 fully saturated rings. The average Bonchev–Trinajstić information content (AvgIpc) is 3.05. The van der Waals surface area contributed by atoms with Crippen molar-refractivity contribution in [2.75, 3.05) is 26.4 Å². The third-order valence-corrected chi connectivity index (χ3v) is 15.1. The Kier molecular flexibility index (Phi) is 42.3. The molecule has 486 valence electrons. The van der Waals surface area contributed by atoms with Crippen LogP contribution in [0.5, 0.6) is 0 Å². The minimum atomic E-state index is -1.99. The third kappa shape index (κ3) is 30.5. The molecule has 1 amide bonds. The Morgan fingerprint density at radius 2 is 0.824 bits per heavy atom. The average molecular weight is 1200 g/mol. The van der Waals surface area contributed by atoms with Gasteiger partial charge in [-0.2, -0.15) is 0 Å². The number of hydrogen-bond donors (Lipinski definition) is 12. The van der Waals surface area contributed by atoms with Crippen LogP contribution in [0.25, 0.3) is 0 Å². The second kappa shape index (κ2) is 47.5. The van der Waals surface area contributed by atoms with Crippen LogP contribution in [0.2, 0.25) is 0 Å². The Bertz CT molecular complexity index is 1970. The minimum absolute atomic E-state index is 0.214. The Hall–Kier alpha value is -3.55. The molecular weight excluding hydrogens is 1090 g/mol. The normalized spacial score (nSPS) is 29.7. The molecule has 0 radical (unpaired) electrons. The Morgan fingerprint density at radius 1 is 0.435 bits per heavy atom. The molecule has 17 atom stereocenters. The van der Waals surface area contributed by atoms with E-state index >= 15 is 0 Å². The zero-order valence-corrected chi connectivity index (χ0v) is 50.8. The molecule has 0 aliphatic carbocycles. The summed E-state index contributed by atoms with van der Waals surface area (Å²) in [5, 5.41) is 120. The second-order valence-corrected chi connectivity index (χ2v) is 22.1. The maximum atomic E-state index is 13.3. The first-order chi connectivity index (χ1) is 41.3. The van der Waals surface area contributed by atoms with E-state index in [-0.39, 0.29) is 18.9 Å². The van der Waals surface area contributed by atoms with Crippen LogP contribution in [0, 0.1) is 0 Å². The van der Waals surface area contributed by atoms with Gasteiger partial charge in [0.25, 0.3) is 0 Å². The molecule has 3 heterocycles. The lowest BCUT2D eigenvalue weighted by Gasteiger charge is -2.48. The first-order valence-corrected chi connectivity index (χ1v) is 31.6. The van der Waals surface area contributed by atoms with Crippen molar-refractivity contribution in [2.45, 2.75) is 272 Å². The molecule has 0 aromatic heterocycles. The highest BCUT2D eigenvalue weighted by Gasteiger charge is 2.53. The number of aliphatic hydroxyl groups is 11. The van der Waals surface area contributed by atoms with E-state index in [2.05, 4.69) is 116 Å². The van der Waals surface area contributed by atoms with E-state index in [1.165, 1.54) is 25.7 Å². The summed E-state index contributed by atoms with van der Waals surface area (Å²) in [7, 11) is 0. The molecule has 12 N–H and O–H groups in total. The standard InChI is InChI=1S/C66H109NO18/c1-3-5-7-9-11-13-15-16-17-18-19-20-21-22-23-24-25-26-27-28-29-30-31-32-34-36-38-40-42-44-54(72)67-49(50(71)43-41-39-37-35-33-14-12-10-8-6-4-2)48-80-64-60(78)57(75)62(52(46-69)82-64)85-66-61(79)58(76)63(53(47-70)83-66)84-65-59(77)56(74)55(73)51(45-68)81-65/h5,7,11,13,16-17,19-20,22-23,25-26,28-29,33,35,41,43,49-53,55-66,68-71,73-79H,3-4,6,8-10,12,14-15,18,21,24,27,30-32,34,36-40,42,44-48H2,1-2H3,(H,67,72)/b7-5-,13-11-,17-16-,20-19-,23-22-,26-25-,29-28-,35-33+,43-41+. The molecule has 85 heavy (non-hydrogen) atoms. The van der Waals surface area contributed by atoms with Gasteiger partial charge in [0.05, 0.1) is 38.6 Å². The lowest BCUT2D eigenvalue weighted by molar-refractivity contribution is -0.379. The van der Waals surface area contributed by atoms with E-state index in [1.54, 1.807) is 6.08 Å². The maximum absolute atomic E-state index is 13.3. The van der Waals surface area contributed by atoms with Gasteiger partial charge in [-0.3, -0.25) is 4.79 Å². The van der Waals surface area contributed by atoms with Crippen LogP contribution in [0.1, 0.15) is 168 Å². The summed E-state index contributed by atoms with van der Waals surface area (Å²) in [5.41, 5.74) is 0. The van der Waals surface area contributed by atoms with Crippen LogP contribution >= 0.6 is 0 Å². The number of carbonyl (C=O) groups is 1. The fraction of sp³-hybridized carbons (Fsp3) is 0.712. The van der Waals surface area contributed by atoms with Gasteiger partial charge in [-0.25, -0.2) is 0 Å². The first-order valence-electron chi connectivity index (χ1n) is 31.6. The van der Waals surface area contributed by atoms with Gasteiger partial charge >= 0.3 is 0 Å². The molecule has 0 bridgehead atoms. The summed E-state index contributed by atoms with van der Waals surface area (Å²) >= 11 is 0. The van der Waals surface area contributed by atoms with Gasteiger partial charge in [-0.1, -0.05) is 181 Å². The zero-order valence-electron chi connectivity index (χ0n) is 50.8. The van der Waals surface area contributed by atoms with Gasteiger partial charge in [0, 0.05) is 6.42 Å². The predicted molar refractivity (Wildman–Crippen MR) is 327 cm³/mol. The molecule has 0 aromatic rings. The predicted octanol–water partition coefficient (Wildman–Crippen LogP) is 6.71. The molecule has 0 saturated carbocycles. The van der Waals surface area contributed by atoms with Crippen LogP contribution in [0.4, 0.5) is 0 Å². The third-order valence-electron chi connectivity index (χ3n) is 15.1. The van der Waals surface area contributed by atoms with E-state index < -0.39 is 124 Å². The van der Waals surface area contributed by atoms with E-state index in [0.717, 1.165) is 109 Å². The smallest absolute Gasteiger partial charge is 0.220 e. The summed E-state index contributed by atoms with van der Waals surface area (Å²) in [6.07, 6.45) is 35.1. The Morgan fingerprint density at radius 3 is 1.32 bits per heavy atom. The van der Waals surface area contributed by atoms with Gasteiger partial charge < -0.3 is 89.9 Å². The number of ether oxygens (including phenoxy) is 6. The van der Waals surface area contributed by atoms with E-state index in [0.29, 0.717) is 12.8 Å². The van der Waals surface area contributed by atoms with Gasteiger partial charge in [-0.05, 0) is 89.9 Å². The number of aliphatic hydroxyl groups excluding tert-OH is 11. The molecule has 17 unspecified atom stereocenters. The van der Waals surface area contributed by atoms with E-state index in [1.807, 2.05) is 6.08 Å². The summed E-state index contributed by atoms with van der Waals surface area (Å²) < 4.78 is 34.2. The molecule has 3 aliphatic rings. The molecule has 3 aliphatic heterocycles. The lowest BCUT2D eigenvalue weighted by Crippen LogP contribution is -2.66. The highest BCUT2D eigenvalue weighted by atomic mass is 16.8. The van der Waals surface area contributed by atoms with Crippen LogP contribution in [0.3, 0.4) is 0 Å². The quantitative estimate of drug-likeness (QED) is 0.0223. The van der Waals surface area contributed by atoms with Crippen molar-refractivity contribution in [3.63, 3.8) is 0 Å². The number of allylic oxidation sites excluding steroid dienone is 17. The minimum Gasteiger partial charge on any atom is -0.394 e. The number of unbranched alkanes of at least 4 members (excludes halogenated alkanes) is 13. The van der Waals surface area contributed by atoms with Crippen molar-refractivity contribution in [3.05, 3.63) is 109 Å². The monoisotopic (exact) mass is 1200 g/mol. The molecule has 19 nitrogen and oxygen atoms in total. The van der Waals surface area contributed by atoms with E-state index in [4.69, 9.17) is 28.4 Å². The van der Waals surface area contributed by atoms with Crippen molar-refractivity contribution in [3.8, 4) is 0 Å². The SMILES string of the molecule is CC/C=C\C/C=C\C/C=C\C/C=C\C/C=C\C/C=C\C/C=C\CCCCCCCCCC(=O)NC(COC1OC(CO)C(OC2OC(CO)C(OC3OC(CO)C(O)C(O)C3O)C(O)C2O)C(O)C1O)C(O)/C=C/CC/C=C/CCCCCCC. The van der Waals surface area contributed by atoms with Gasteiger partial charge in [0.2, 0.25) is 5.91 Å². The highest BCUT2D eigenvalue weighted by molar-refractivity contribution is 5.76. The Labute approximate surface area is 506 Å². The van der Waals surface area contributed by atoms with Crippen molar-refractivity contribution >= 4 is 5.91 Å². The number of carbonyl (C=O) groups excluding carboxylic acids is 1. The number of amides is 1. The topological polar surface area (TPSA) is 307 Å². The Balaban J connectivity index is 1.43. The second-order valence-electron chi connectivity index (χ2n) is 22.1. The van der Waals surface area contributed by atoms with Gasteiger partial charge in [0.15, 0.2) is 18.9 Å². The molecular formula is C66H109NO18. The lowest BCUT2D eigenvalue weighted by atomic mass is 9.96. The van der Waals surface area contributed by atoms with Crippen LogP contribution in [0.15, 0.2) is 109 Å². The van der Waals surface area contributed by atoms with E-state index in [9.17, 15) is 61.0 Å². The van der Waals surface area contributed by atoms with Crippen molar-refractivity contribution in [1.29, 1.82) is 0 Å². The summed E-state index contributed by atoms with van der Waals surface area (Å²) in [4.78, 5) is 13.3. The molecule has 0 spiro atoms. The van der Waals surface area contributed by atoms with Crippen LogP contribution < -0.4 is 5.32 Å². The van der Waals surface area contributed by atoms with Gasteiger partial charge in [0.1, 0.15) is 73.2 Å². The first kappa shape index (κ1) is 75.7. The molecule has 0 aromatic carbocycles. The largest absolute Gasteiger partial charge is 0.394 e. The molecule has 3 saturated heterocycles. The van der Waals surface area contributed by atoms with Crippen molar-refractivity contribution in [2.24, 2.45) is 0 Å². The zero-order chi connectivity index (χ0) is 61.9. The summed E-state index contributed by atoms with van der Waals surface area (Å²) in [6, 6.07) is -1.00. The van der Waals surface area contributed by atoms with Gasteiger partial charge in [-0.15, -0.1) is 0 Å². The van der Waals surface area contributed by atoms with Crippen LogP contribution in [-0.2, 0) is 33.2 Å². The number of rotatable bonds is 45. The maximum Gasteiger partial charge on any atom is 0.220 e. The molecule has 3 rings (SSSR count). The fourth-order valence-electron chi connectivity index (χ4n) is 9.89. The highest BCUT2D eigenvalue weighted by Crippen LogP contribution is 2.33. The molecule has 19 heteroatoms. The summed E-state index contributed by atoms with van der Waals surface area (Å²) in [5.74, 6) is -0.305. The van der Waals surface area contributed by atoms with Crippen molar-refractivity contribution < 1.29 is 89.4 Å². The number of nitrogens with one attached hydrogen (secondary N) is 1. The number of hydrogen-bond acceptors (Lipinski definition) is 18.